The van der Waals surface area contributed by atoms with Crippen molar-refractivity contribution in [2.24, 2.45) is 5.92 Å². The van der Waals surface area contributed by atoms with Gasteiger partial charge < -0.3 is 10.2 Å². The molecule has 0 bridgehead atoms. The van der Waals surface area contributed by atoms with E-state index in [1.54, 1.807) is 0 Å². The number of benzene rings is 1. The molecule has 1 aliphatic rings. The number of anilines is 1. The Morgan fingerprint density at radius 2 is 2.11 bits per heavy atom. The van der Waals surface area contributed by atoms with E-state index in [2.05, 4.69) is 56.2 Å². The van der Waals surface area contributed by atoms with Crippen LogP contribution in [0.15, 0.2) is 18.2 Å². The first kappa shape index (κ1) is 14.4. The fourth-order valence-corrected chi connectivity index (χ4v) is 2.63. The van der Waals surface area contributed by atoms with Gasteiger partial charge in [-0.3, -0.25) is 0 Å². The van der Waals surface area contributed by atoms with Crippen molar-refractivity contribution in [3.63, 3.8) is 0 Å². The molecule has 106 valence electrons. The van der Waals surface area contributed by atoms with E-state index in [-0.39, 0.29) is 0 Å². The molecule has 2 heteroatoms. The summed E-state index contributed by atoms with van der Waals surface area (Å²) in [5.41, 5.74) is 4.18. The van der Waals surface area contributed by atoms with E-state index in [4.69, 9.17) is 0 Å². The Morgan fingerprint density at radius 1 is 1.37 bits per heavy atom. The smallest absolute Gasteiger partial charge is 0.0368 e. The number of nitrogens with one attached hydrogen (secondary N) is 1. The highest BCUT2D eigenvalue weighted by Gasteiger charge is 2.30. The van der Waals surface area contributed by atoms with Crippen LogP contribution in [0.3, 0.4) is 0 Å². The molecule has 1 fully saturated rings. The van der Waals surface area contributed by atoms with Gasteiger partial charge in [0.2, 0.25) is 0 Å². The molecule has 2 nitrogen and oxygen atoms in total. The fourth-order valence-electron chi connectivity index (χ4n) is 2.63. The molecule has 1 N–H and O–H groups in total. The highest BCUT2D eigenvalue weighted by molar-refractivity contribution is 5.51. The van der Waals surface area contributed by atoms with Gasteiger partial charge >= 0.3 is 0 Å². The summed E-state index contributed by atoms with van der Waals surface area (Å²) in [6, 6.07) is 7.56. The van der Waals surface area contributed by atoms with Crippen molar-refractivity contribution in [3.05, 3.63) is 29.3 Å². The molecule has 1 atom stereocenters. The van der Waals surface area contributed by atoms with Crippen molar-refractivity contribution >= 4 is 5.69 Å². The van der Waals surface area contributed by atoms with Crippen LogP contribution in [0.25, 0.3) is 0 Å². The Morgan fingerprint density at radius 3 is 2.68 bits per heavy atom. The third-order valence-electron chi connectivity index (χ3n) is 4.39. The Kier molecular flexibility index (Phi) is 4.87. The number of rotatable bonds is 7. The second kappa shape index (κ2) is 6.42. The highest BCUT2D eigenvalue weighted by atomic mass is 15.1. The predicted octanol–water partition coefficient (Wildman–Crippen LogP) is 3.73. The molecular formula is C17H28N2. The van der Waals surface area contributed by atoms with Gasteiger partial charge in [-0.1, -0.05) is 13.0 Å². The maximum Gasteiger partial charge on any atom is 0.0368 e. The van der Waals surface area contributed by atoms with Crippen LogP contribution < -0.4 is 10.2 Å². The first-order valence-electron chi connectivity index (χ1n) is 7.66. The van der Waals surface area contributed by atoms with Gasteiger partial charge in [0, 0.05) is 25.3 Å². The van der Waals surface area contributed by atoms with Gasteiger partial charge in [-0.2, -0.15) is 0 Å². The minimum atomic E-state index is 0.670. The second-order valence-electron chi connectivity index (χ2n) is 5.98. The third-order valence-corrected chi connectivity index (χ3v) is 4.39. The molecule has 0 amide bonds. The molecule has 0 heterocycles. The molecule has 0 radical (unpaired) electrons. The highest BCUT2D eigenvalue weighted by Crippen LogP contribution is 2.36. The molecule has 1 saturated carbocycles. The predicted molar refractivity (Wildman–Crippen MR) is 83.8 cm³/mol. The number of aryl methyl sites for hydroxylation is 1. The maximum absolute atomic E-state index is 3.48. The van der Waals surface area contributed by atoms with E-state index in [0.717, 1.165) is 19.0 Å². The molecule has 0 saturated heterocycles. The van der Waals surface area contributed by atoms with E-state index < -0.39 is 0 Å². The summed E-state index contributed by atoms with van der Waals surface area (Å²) in [6.45, 7) is 8.87. The zero-order chi connectivity index (χ0) is 13.8. The molecule has 1 aromatic rings. The summed E-state index contributed by atoms with van der Waals surface area (Å²) >= 11 is 0. The van der Waals surface area contributed by atoms with Gasteiger partial charge in [0.25, 0.3) is 0 Å². The first-order chi connectivity index (χ1) is 9.13. The minimum absolute atomic E-state index is 0.670. The molecule has 2 rings (SSSR count). The van der Waals surface area contributed by atoms with E-state index >= 15 is 0 Å². The largest absolute Gasteiger partial charge is 0.372 e. The van der Waals surface area contributed by atoms with E-state index in [0.29, 0.717) is 6.04 Å². The molecule has 1 unspecified atom stereocenters. The van der Waals surface area contributed by atoms with E-state index in [1.165, 1.54) is 36.1 Å². The average Bonchev–Trinajstić information content (AvgIpc) is 3.23. The van der Waals surface area contributed by atoms with Crippen molar-refractivity contribution in [2.75, 3.05) is 18.5 Å². The number of hydrogen-bond donors (Lipinski definition) is 1. The van der Waals surface area contributed by atoms with Crippen LogP contribution in [0.2, 0.25) is 0 Å². The first-order valence-corrected chi connectivity index (χ1v) is 7.66. The van der Waals surface area contributed by atoms with Gasteiger partial charge in [0.1, 0.15) is 0 Å². The molecule has 0 aromatic heterocycles. The summed E-state index contributed by atoms with van der Waals surface area (Å²) < 4.78 is 0. The van der Waals surface area contributed by atoms with Crippen LogP contribution in [-0.2, 0) is 6.54 Å². The Balaban J connectivity index is 2.00. The summed E-state index contributed by atoms with van der Waals surface area (Å²) in [7, 11) is 2.23. The zero-order valence-corrected chi connectivity index (χ0v) is 12.9. The Labute approximate surface area is 118 Å². The lowest BCUT2D eigenvalue weighted by Gasteiger charge is -2.27. The summed E-state index contributed by atoms with van der Waals surface area (Å²) in [5, 5.41) is 3.48. The quantitative estimate of drug-likeness (QED) is 0.752. The molecule has 19 heavy (non-hydrogen) atoms. The van der Waals surface area contributed by atoms with Crippen molar-refractivity contribution in [1.82, 2.24) is 5.32 Å². The van der Waals surface area contributed by atoms with Crippen LogP contribution in [0.5, 0.6) is 0 Å². The summed E-state index contributed by atoms with van der Waals surface area (Å²) in [6.07, 6.45) is 4.01. The lowest BCUT2D eigenvalue weighted by atomic mass is 10.1. The van der Waals surface area contributed by atoms with Gasteiger partial charge in [0.15, 0.2) is 0 Å². The maximum atomic E-state index is 3.48. The Bertz CT molecular complexity index is 410. The van der Waals surface area contributed by atoms with Crippen LogP contribution in [0.4, 0.5) is 5.69 Å². The molecule has 1 aromatic carbocycles. The SMILES string of the molecule is CCCNCc1ccc(N(C)C(C)C2CC2)cc1C. The normalized spacial score (nSPS) is 16.4. The van der Waals surface area contributed by atoms with Crippen LogP contribution >= 0.6 is 0 Å². The topological polar surface area (TPSA) is 15.3 Å². The van der Waals surface area contributed by atoms with E-state index in [9.17, 15) is 0 Å². The molecule has 1 aliphatic carbocycles. The summed E-state index contributed by atoms with van der Waals surface area (Å²) in [4.78, 5) is 2.44. The minimum Gasteiger partial charge on any atom is -0.372 e. The lowest BCUT2D eigenvalue weighted by molar-refractivity contribution is 0.609. The van der Waals surface area contributed by atoms with Crippen molar-refractivity contribution in [3.8, 4) is 0 Å². The number of hydrogen-bond acceptors (Lipinski definition) is 2. The van der Waals surface area contributed by atoms with Gasteiger partial charge in [-0.25, -0.2) is 0 Å². The van der Waals surface area contributed by atoms with Crippen LogP contribution in [0, 0.1) is 12.8 Å². The van der Waals surface area contributed by atoms with Crippen LogP contribution in [0.1, 0.15) is 44.2 Å². The van der Waals surface area contributed by atoms with Gasteiger partial charge in [0.05, 0.1) is 0 Å². The van der Waals surface area contributed by atoms with Crippen molar-refractivity contribution < 1.29 is 0 Å². The third kappa shape index (κ3) is 3.73. The summed E-state index contributed by atoms with van der Waals surface area (Å²) in [5.74, 6) is 0.913. The van der Waals surface area contributed by atoms with Crippen molar-refractivity contribution in [1.29, 1.82) is 0 Å². The molecule has 0 aliphatic heterocycles. The lowest BCUT2D eigenvalue weighted by Crippen LogP contribution is -2.30. The Hall–Kier alpha value is -1.02. The fraction of sp³-hybridized carbons (Fsp3) is 0.647. The molecular weight excluding hydrogens is 232 g/mol. The van der Waals surface area contributed by atoms with Gasteiger partial charge in [-0.05, 0) is 68.8 Å². The van der Waals surface area contributed by atoms with Crippen molar-refractivity contribution in [2.45, 2.75) is 52.6 Å². The second-order valence-corrected chi connectivity index (χ2v) is 5.98. The monoisotopic (exact) mass is 260 g/mol. The zero-order valence-electron chi connectivity index (χ0n) is 12.9. The standard InChI is InChI=1S/C17H28N2/c1-5-10-18-12-16-8-9-17(11-13(16)2)19(4)14(3)15-6-7-15/h8-9,11,14-15,18H,5-7,10,12H2,1-4H3. The number of nitrogens with zero attached hydrogens (tertiary/aromatic N) is 1. The van der Waals surface area contributed by atoms with Gasteiger partial charge in [-0.15, -0.1) is 0 Å². The van der Waals surface area contributed by atoms with Crippen LogP contribution in [-0.4, -0.2) is 19.6 Å². The van der Waals surface area contributed by atoms with E-state index in [1.807, 2.05) is 0 Å². The molecule has 0 spiro atoms. The average molecular weight is 260 g/mol.